The summed E-state index contributed by atoms with van der Waals surface area (Å²) in [6.07, 6.45) is 1.58. The summed E-state index contributed by atoms with van der Waals surface area (Å²) in [5.41, 5.74) is 0.533. The summed E-state index contributed by atoms with van der Waals surface area (Å²) in [6, 6.07) is 1.83. The molecule has 0 spiro atoms. The van der Waals surface area contributed by atoms with Crippen molar-refractivity contribution < 1.29 is 13.0 Å². The first-order valence-electron chi connectivity index (χ1n) is 5.29. The van der Waals surface area contributed by atoms with Gasteiger partial charge in [0.15, 0.2) is 10.6 Å². The quantitative estimate of drug-likeness (QED) is 0.883. The predicted octanol–water partition coefficient (Wildman–Crippen LogP) is 2.92. The molecule has 0 aliphatic rings. The molecule has 7 heteroatoms. The van der Waals surface area contributed by atoms with Gasteiger partial charge in [-0.15, -0.1) is 0 Å². The highest BCUT2D eigenvalue weighted by Crippen LogP contribution is 2.23. The fraction of sp³-hybridized carbons (Fsp3) is 0.364. The second-order valence-electron chi connectivity index (χ2n) is 4.17. The van der Waals surface area contributed by atoms with Crippen LogP contribution < -0.4 is 0 Å². The maximum absolute atomic E-state index is 13.6. The van der Waals surface area contributed by atoms with E-state index in [1.165, 1.54) is 6.07 Å². The highest BCUT2D eigenvalue weighted by atomic mass is 32.2. The number of imidazole rings is 1. The number of hydrogen-bond donors (Lipinski definition) is 1. The second kappa shape index (κ2) is 4.89. The minimum atomic E-state index is -1.01. The molecule has 0 saturated carbocycles. The van der Waals surface area contributed by atoms with Crippen LogP contribution in [0.3, 0.4) is 0 Å². The normalized spacial score (nSPS) is 14.9. The number of halogens is 2. The number of nitrogens with zero attached hydrogens (tertiary/aromatic N) is 1. The number of benzene rings is 1. The molecule has 3 nitrogen and oxygen atoms in total. The summed E-state index contributed by atoms with van der Waals surface area (Å²) >= 11 is 5.10. The maximum Gasteiger partial charge on any atom is 0.178 e. The Labute approximate surface area is 110 Å². The Bertz CT molecular complexity index is 677. The number of rotatable bonds is 3. The van der Waals surface area contributed by atoms with Gasteiger partial charge in [-0.2, -0.15) is 0 Å². The predicted molar refractivity (Wildman–Crippen MR) is 70.7 cm³/mol. The fourth-order valence-corrected chi connectivity index (χ4v) is 3.21. The first-order chi connectivity index (χ1) is 8.40. The number of aromatic nitrogens is 2. The van der Waals surface area contributed by atoms with Crippen LogP contribution in [0.5, 0.6) is 0 Å². The second-order valence-corrected chi connectivity index (χ2v) is 6.04. The molecule has 0 aliphatic heterocycles. The van der Waals surface area contributed by atoms with Crippen LogP contribution in [0.2, 0.25) is 0 Å². The molecule has 1 aromatic heterocycles. The smallest absolute Gasteiger partial charge is 0.178 e. The molecule has 0 saturated heterocycles. The van der Waals surface area contributed by atoms with Crippen molar-refractivity contribution in [2.75, 3.05) is 12.0 Å². The number of aromatic amines is 1. The van der Waals surface area contributed by atoms with Crippen molar-refractivity contribution in [3.05, 3.63) is 28.5 Å². The molecule has 18 heavy (non-hydrogen) atoms. The molecule has 0 bridgehead atoms. The van der Waals surface area contributed by atoms with E-state index in [4.69, 9.17) is 12.2 Å². The zero-order valence-electron chi connectivity index (χ0n) is 9.87. The van der Waals surface area contributed by atoms with Gasteiger partial charge in [-0.05, 0) is 25.2 Å². The average Bonchev–Trinajstić information content (AvgIpc) is 2.53. The van der Waals surface area contributed by atoms with Gasteiger partial charge in [0.25, 0.3) is 0 Å². The minimum Gasteiger partial charge on any atom is -0.328 e. The molecule has 1 N–H and O–H groups in total. The van der Waals surface area contributed by atoms with Gasteiger partial charge >= 0.3 is 0 Å². The van der Waals surface area contributed by atoms with Crippen molar-refractivity contribution in [3.8, 4) is 0 Å². The van der Waals surface area contributed by atoms with E-state index in [-0.39, 0.29) is 11.6 Å². The highest BCUT2D eigenvalue weighted by molar-refractivity contribution is 7.84. The molecule has 0 amide bonds. The summed E-state index contributed by atoms with van der Waals surface area (Å²) < 4.78 is 40.0. The van der Waals surface area contributed by atoms with Crippen LogP contribution in [-0.2, 0) is 10.8 Å². The van der Waals surface area contributed by atoms with Gasteiger partial charge in [-0.25, -0.2) is 8.78 Å². The van der Waals surface area contributed by atoms with E-state index in [0.717, 1.165) is 6.07 Å². The molecule has 98 valence electrons. The monoisotopic (exact) mass is 290 g/mol. The van der Waals surface area contributed by atoms with Crippen LogP contribution in [0.4, 0.5) is 8.78 Å². The first kappa shape index (κ1) is 13.4. The van der Waals surface area contributed by atoms with Crippen molar-refractivity contribution >= 4 is 34.1 Å². The van der Waals surface area contributed by atoms with Gasteiger partial charge in [0.2, 0.25) is 0 Å². The molecule has 0 aliphatic carbocycles. The molecule has 2 rings (SSSR count). The van der Waals surface area contributed by atoms with E-state index in [1.54, 1.807) is 10.8 Å². The third-order valence-electron chi connectivity index (χ3n) is 2.66. The minimum absolute atomic E-state index is 0.176. The maximum atomic E-state index is 13.6. The Morgan fingerprint density at radius 3 is 2.78 bits per heavy atom. The molecule has 0 fully saturated rings. The third kappa shape index (κ3) is 2.37. The van der Waals surface area contributed by atoms with Gasteiger partial charge < -0.3 is 9.55 Å². The Morgan fingerprint density at radius 2 is 2.17 bits per heavy atom. The molecular weight excluding hydrogens is 278 g/mol. The lowest BCUT2D eigenvalue weighted by molar-refractivity contribution is 0.585. The SMILES string of the molecule is CC(CS(C)=O)n1c(=S)[nH]c2c(F)cc(F)cc21. The van der Waals surface area contributed by atoms with E-state index in [2.05, 4.69) is 4.98 Å². The number of H-pyrrole nitrogens is 1. The summed E-state index contributed by atoms with van der Waals surface area (Å²) in [4.78, 5) is 2.71. The van der Waals surface area contributed by atoms with Crippen LogP contribution in [0, 0.1) is 16.4 Å². The highest BCUT2D eigenvalue weighted by Gasteiger charge is 2.15. The van der Waals surface area contributed by atoms with E-state index >= 15 is 0 Å². The third-order valence-corrected chi connectivity index (χ3v) is 3.91. The lowest BCUT2D eigenvalue weighted by Gasteiger charge is -2.12. The average molecular weight is 290 g/mol. The molecule has 1 aromatic carbocycles. The number of nitrogens with one attached hydrogen (secondary N) is 1. The van der Waals surface area contributed by atoms with Crippen LogP contribution in [0.15, 0.2) is 12.1 Å². The first-order valence-corrected chi connectivity index (χ1v) is 7.43. The van der Waals surface area contributed by atoms with E-state index < -0.39 is 22.4 Å². The van der Waals surface area contributed by atoms with Gasteiger partial charge in [0, 0.05) is 34.9 Å². The zero-order valence-corrected chi connectivity index (χ0v) is 11.5. The topological polar surface area (TPSA) is 37.8 Å². The summed E-state index contributed by atoms with van der Waals surface area (Å²) in [6.45, 7) is 1.81. The van der Waals surface area contributed by atoms with E-state index in [0.29, 0.717) is 16.0 Å². The van der Waals surface area contributed by atoms with Crippen LogP contribution in [-0.4, -0.2) is 25.8 Å². The van der Waals surface area contributed by atoms with E-state index in [9.17, 15) is 13.0 Å². The number of fused-ring (bicyclic) bond motifs is 1. The van der Waals surface area contributed by atoms with Crippen LogP contribution in [0.25, 0.3) is 11.0 Å². The molecule has 1 heterocycles. The standard InChI is InChI=1S/C11H12F2N2OS2/c1-6(5-18(2)16)15-9-4-7(12)3-8(13)10(9)14-11(15)17/h3-4,6H,5H2,1-2H3,(H,14,17). The largest absolute Gasteiger partial charge is 0.328 e. The van der Waals surface area contributed by atoms with Gasteiger partial charge in [-0.1, -0.05) is 0 Å². The fourth-order valence-electron chi connectivity index (χ4n) is 2.00. The van der Waals surface area contributed by atoms with Gasteiger partial charge in [0.1, 0.15) is 11.3 Å². The lowest BCUT2D eigenvalue weighted by Crippen LogP contribution is -2.13. The molecule has 2 atom stereocenters. The van der Waals surface area contributed by atoms with Crippen molar-refractivity contribution in [1.82, 2.24) is 9.55 Å². The van der Waals surface area contributed by atoms with Crippen LogP contribution >= 0.6 is 12.2 Å². The Hall–Kier alpha value is -1.08. The summed E-state index contributed by atoms with van der Waals surface area (Å²) in [7, 11) is -1.01. The van der Waals surface area contributed by atoms with Crippen molar-refractivity contribution in [1.29, 1.82) is 0 Å². The lowest BCUT2D eigenvalue weighted by atomic mass is 10.2. The van der Waals surface area contributed by atoms with Crippen molar-refractivity contribution in [3.63, 3.8) is 0 Å². The summed E-state index contributed by atoms with van der Waals surface area (Å²) in [5, 5.41) is 0. The Morgan fingerprint density at radius 1 is 1.50 bits per heavy atom. The molecule has 2 unspecified atom stereocenters. The van der Waals surface area contributed by atoms with Crippen molar-refractivity contribution in [2.24, 2.45) is 0 Å². The molecule has 2 aromatic rings. The van der Waals surface area contributed by atoms with Crippen molar-refractivity contribution in [2.45, 2.75) is 13.0 Å². The Balaban J connectivity index is 2.67. The summed E-state index contributed by atoms with van der Waals surface area (Å²) in [5.74, 6) is -0.966. The number of hydrogen-bond acceptors (Lipinski definition) is 2. The van der Waals surface area contributed by atoms with E-state index in [1.807, 2.05) is 6.92 Å². The van der Waals surface area contributed by atoms with Crippen LogP contribution in [0.1, 0.15) is 13.0 Å². The van der Waals surface area contributed by atoms with Gasteiger partial charge in [-0.3, -0.25) is 4.21 Å². The molecular formula is C11H12F2N2OS2. The molecule has 0 radical (unpaired) electrons. The zero-order chi connectivity index (χ0) is 13.4. The van der Waals surface area contributed by atoms with Gasteiger partial charge in [0.05, 0.1) is 5.52 Å². The Kier molecular flexibility index (Phi) is 3.63.